The summed E-state index contributed by atoms with van der Waals surface area (Å²) in [7, 11) is 1.72. The van der Waals surface area contributed by atoms with Crippen LogP contribution in [-0.4, -0.2) is 19.3 Å². The normalized spacial score (nSPS) is 14.1. The molecule has 31 heavy (non-hydrogen) atoms. The van der Waals surface area contributed by atoms with Crippen LogP contribution in [0.2, 0.25) is 0 Å². The number of hydrogen-bond acceptors (Lipinski definition) is 3. The van der Waals surface area contributed by atoms with E-state index >= 15 is 0 Å². The van der Waals surface area contributed by atoms with Gasteiger partial charge < -0.3 is 14.8 Å². The number of fused-ring (bicyclic) bond motifs is 1. The lowest BCUT2D eigenvalue weighted by atomic mass is 9.85. The monoisotopic (exact) mass is 411 g/mol. The fourth-order valence-corrected chi connectivity index (χ4v) is 4.16. The molecule has 1 aliphatic rings. The van der Waals surface area contributed by atoms with E-state index in [4.69, 9.17) is 9.47 Å². The van der Waals surface area contributed by atoms with E-state index in [2.05, 4.69) is 68.2 Å². The Morgan fingerprint density at radius 3 is 2.45 bits per heavy atom. The van der Waals surface area contributed by atoms with Crippen LogP contribution >= 0.6 is 0 Å². The molecule has 0 fully saturated rings. The maximum Gasteiger partial charge on any atom is 0.126 e. The van der Waals surface area contributed by atoms with Gasteiger partial charge in [0, 0.05) is 23.2 Å². The second kappa shape index (κ2) is 8.73. The summed E-state index contributed by atoms with van der Waals surface area (Å²) in [5.41, 5.74) is 6.90. The van der Waals surface area contributed by atoms with Crippen LogP contribution in [0.1, 0.15) is 25.0 Å². The summed E-state index contributed by atoms with van der Waals surface area (Å²) < 4.78 is 11.5. The van der Waals surface area contributed by atoms with E-state index in [1.165, 1.54) is 16.7 Å². The molecule has 0 saturated carbocycles. The topological polar surface area (TPSA) is 30.5 Å². The smallest absolute Gasteiger partial charge is 0.126 e. The predicted molar refractivity (Wildman–Crippen MR) is 130 cm³/mol. The molecule has 0 amide bonds. The highest BCUT2D eigenvalue weighted by Crippen LogP contribution is 2.40. The Bertz CT molecular complexity index is 1130. The van der Waals surface area contributed by atoms with Gasteiger partial charge in [-0.15, -0.1) is 0 Å². The molecule has 0 aromatic heterocycles. The van der Waals surface area contributed by atoms with Crippen LogP contribution in [0.5, 0.6) is 11.5 Å². The minimum atomic E-state index is -0.134. The third-order valence-corrected chi connectivity index (χ3v) is 5.49. The summed E-state index contributed by atoms with van der Waals surface area (Å²) in [4.78, 5) is 0. The van der Waals surface area contributed by atoms with Gasteiger partial charge in [0.05, 0.1) is 12.6 Å². The summed E-state index contributed by atoms with van der Waals surface area (Å²) in [6.07, 6.45) is 4.89. The number of nitrogens with one attached hydrogen (secondary N) is 1. The second-order valence-corrected chi connectivity index (χ2v) is 8.36. The van der Waals surface area contributed by atoms with Crippen molar-refractivity contribution in [1.29, 1.82) is 0 Å². The van der Waals surface area contributed by atoms with Gasteiger partial charge in [-0.2, -0.15) is 0 Å². The first-order chi connectivity index (χ1) is 15.0. The van der Waals surface area contributed by atoms with Crippen molar-refractivity contribution in [3.63, 3.8) is 0 Å². The van der Waals surface area contributed by atoms with Crippen molar-refractivity contribution < 1.29 is 9.47 Å². The Balaban J connectivity index is 1.76. The standard InChI is InChI=1S/C28H29NO2/c1-5-16-31-26-12-8-6-10-21(26)17-22-19-28(2,3)29-25-15-14-20(18-24(22)25)23-11-7-9-13-27(23)30-4/h5-15,18-19,29H,1,16-17H2,2-4H3. The third kappa shape index (κ3) is 4.51. The number of ether oxygens (including phenoxy) is 2. The van der Waals surface area contributed by atoms with Gasteiger partial charge in [-0.3, -0.25) is 0 Å². The highest BCUT2D eigenvalue weighted by Gasteiger charge is 2.25. The summed E-state index contributed by atoms with van der Waals surface area (Å²) in [5, 5.41) is 3.66. The largest absolute Gasteiger partial charge is 0.496 e. The molecule has 0 unspecified atom stereocenters. The SMILES string of the molecule is C=CCOc1ccccc1CC1=CC(C)(C)Nc2ccc(-c3ccccc3OC)cc21. The number of para-hydroxylation sites is 2. The van der Waals surface area contributed by atoms with Gasteiger partial charge in [0.1, 0.15) is 18.1 Å². The first-order valence-electron chi connectivity index (χ1n) is 10.6. The maximum atomic E-state index is 5.91. The lowest BCUT2D eigenvalue weighted by Crippen LogP contribution is -2.32. The molecule has 0 aliphatic carbocycles. The molecule has 3 aromatic rings. The molecule has 0 atom stereocenters. The zero-order chi connectivity index (χ0) is 21.8. The first kappa shape index (κ1) is 20.8. The molecule has 4 rings (SSSR count). The summed E-state index contributed by atoms with van der Waals surface area (Å²) in [5.74, 6) is 1.78. The van der Waals surface area contributed by atoms with Crippen LogP contribution in [0.15, 0.2) is 85.5 Å². The fourth-order valence-electron chi connectivity index (χ4n) is 4.16. The lowest BCUT2D eigenvalue weighted by Gasteiger charge is -2.33. The molecule has 0 bridgehead atoms. The van der Waals surface area contributed by atoms with Crippen LogP contribution in [0.25, 0.3) is 16.7 Å². The van der Waals surface area contributed by atoms with Crippen LogP contribution in [0, 0.1) is 0 Å². The highest BCUT2D eigenvalue weighted by molar-refractivity contribution is 5.86. The van der Waals surface area contributed by atoms with Crippen molar-refractivity contribution in [2.45, 2.75) is 25.8 Å². The van der Waals surface area contributed by atoms with Gasteiger partial charge in [-0.05, 0) is 54.8 Å². The Hall–Kier alpha value is -3.46. The average molecular weight is 412 g/mol. The van der Waals surface area contributed by atoms with Crippen molar-refractivity contribution >= 4 is 11.3 Å². The van der Waals surface area contributed by atoms with Crippen LogP contribution < -0.4 is 14.8 Å². The van der Waals surface area contributed by atoms with Crippen molar-refractivity contribution in [1.82, 2.24) is 0 Å². The Labute approximate surface area is 185 Å². The average Bonchev–Trinajstić information content (AvgIpc) is 2.77. The number of allylic oxidation sites excluding steroid dienone is 1. The van der Waals surface area contributed by atoms with Crippen LogP contribution in [0.4, 0.5) is 5.69 Å². The summed E-state index contributed by atoms with van der Waals surface area (Å²) in [6, 6.07) is 23.0. The predicted octanol–water partition coefficient (Wildman–Crippen LogP) is 6.76. The van der Waals surface area contributed by atoms with Gasteiger partial charge in [0.15, 0.2) is 0 Å². The van der Waals surface area contributed by atoms with Gasteiger partial charge in [0.2, 0.25) is 0 Å². The van der Waals surface area contributed by atoms with Crippen molar-refractivity contribution in [2.75, 3.05) is 19.0 Å². The molecule has 0 radical (unpaired) electrons. The van der Waals surface area contributed by atoms with Crippen LogP contribution in [0.3, 0.4) is 0 Å². The Morgan fingerprint density at radius 1 is 0.935 bits per heavy atom. The number of anilines is 1. The third-order valence-electron chi connectivity index (χ3n) is 5.49. The summed E-state index contributed by atoms with van der Waals surface area (Å²) >= 11 is 0. The quantitative estimate of drug-likeness (QED) is 0.436. The number of methoxy groups -OCH3 is 1. The minimum absolute atomic E-state index is 0.134. The van der Waals surface area contributed by atoms with Crippen molar-refractivity contribution in [2.24, 2.45) is 0 Å². The van der Waals surface area contributed by atoms with Gasteiger partial charge in [-0.25, -0.2) is 0 Å². The van der Waals surface area contributed by atoms with E-state index < -0.39 is 0 Å². The molecule has 3 heteroatoms. The van der Waals surface area contributed by atoms with E-state index in [-0.39, 0.29) is 5.54 Å². The number of benzene rings is 3. The first-order valence-corrected chi connectivity index (χ1v) is 10.6. The lowest BCUT2D eigenvalue weighted by molar-refractivity contribution is 0.360. The van der Waals surface area contributed by atoms with Gasteiger partial charge in [0.25, 0.3) is 0 Å². The minimum Gasteiger partial charge on any atom is -0.496 e. The molecule has 3 nitrogen and oxygen atoms in total. The second-order valence-electron chi connectivity index (χ2n) is 8.36. The van der Waals surface area contributed by atoms with E-state index in [1.54, 1.807) is 13.2 Å². The molecule has 1 N–H and O–H groups in total. The molecule has 158 valence electrons. The number of hydrogen-bond donors (Lipinski definition) is 1. The molecular weight excluding hydrogens is 382 g/mol. The Kier molecular flexibility index (Phi) is 5.85. The molecular formula is C28H29NO2. The fraction of sp³-hybridized carbons (Fsp3) is 0.214. The molecule has 3 aromatic carbocycles. The zero-order valence-corrected chi connectivity index (χ0v) is 18.4. The Morgan fingerprint density at radius 2 is 1.68 bits per heavy atom. The molecule has 1 heterocycles. The maximum absolute atomic E-state index is 5.91. The summed E-state index contributed by atoms with van der Waals surface area (Å²) in [6.45, 7) is 8.66. The number of rotatable bonds is 7. The van der Waals surface area contributed by atoms with E-state index in [0.717, 1.165) is 34.7 Å². The van der Waals surface area contributed by atoms with Crippen molar-refractivity contribution in [3.05, 3.63) is 96.6 Å². The van der Waals surface area contributed by atoms with Crippen LogP contribution in [-0.2, 0) is 6.42 Å². The van der Waals surface area contributed by atoms with E-state index in [1.807, 2.05) is 30.3 Å². The van der Waals surface area contributed by atoms with Crippen molar-refractivity contribution in [3.8, 4) is 22.6 Å². The van der Waals surface area contributed by atoms with E-state index in [0.29, 0.717) is 6.61 Å². The molecule has 0 spiro atoms. The highest BCUT2D eigenvalue weighted by atomic mass is 16.5. The van der Waals surface area contributed by atoms with Gasteiger partial charge in [-0.1, -0.05) is 61.2 Å². The zero-order valence-electron chi connectivity index (χ0n) is 18.4. The molecule has 0 saturated heterocycles. The van der Waals surface area contributed by atoms with E-state index in [9.17, 15) is 0 Å². The van der Waals surface area contributed by atoms with Gasteiger partial charge >= 0.3 is 0 Å². The molecule has 1 aliphatic heterocycles.